The zero-order chi connectivity index (χ0) is 18.7. The predicted molar refractivity (Wildman–Crippen MR) is 101 cm³/mol. The van der Waals surface area contributed by atoms with E-state index in [0.29, 0.717) is 22.8 Å². The van der Waals surface area contributed by atoms with Crippen LogP contribution in [0.15, 0.2) is 45.9 Å². The lowest BCUT2D eigenvalue weighted by atomic mass is 10.0. The van der Waals surface area contributed by atoms with Gasteiger partial charge in [-0.2, -0.15) is 0 Å². The molecule has 2 heterocycles. The van der Waals surface area contributed by atoms with E-state index >= 15 is 0 Å². The SMILES string of the molecule is COCCN1C(=O)C(SCc2ccco2)=C(c2ccc(C)c(C)c2)C1=O. The van der Waals surface area contributed by atoms with Gasteiger partial charge in [-0.3, -0.25) is 14.5 Å². The standard InChI is InChI=1S/C20H21NO4S/c1-13-6-7-15(11-14(13)2)17-18(26-12-16-5-4-9-25-16)20(23)21(19(17)22)8-10-24-3/h4-7,9,11H,8,10,12H2,1-3H3. The van der Waals surface area contributed by atoms with Gasteiger partial charge < -0.3 is 9.15 Å². The Kier molecular flexibility index (Phi) is 5.64. The molecule has 2 amide bonds. The normalized spacial score (nSPS) is 14.7. The molecule has 5 nitrogen and oxygen atoms in total. The molecule has 0 aliphatic carbocycles. The van der Waals surface area contributed by atoms with Gasteiger partial charge in [-0.1, -0.05) is 18.2 Å². The number of carbonyl (C=O) groups is 2. The van der Waals surface area contributed by atoms with E-state index < -0.39 is 0 Å². The number of nitrogens with zero attached hydrogens (tertiary/aromatic N) is 1. The summed E-state index contributed by atoms with van der Waals surface area (Å²) in [7, 11) is 1.55. The van der Waals surface area contributed by atoms with Crippen LogP contribution in [-0.4, -0.2) is 37.0 Å². The van der Waals surface area contributed by atoms with Gasteiger partial charge in [-0.25, -0.2) is 0 Å². The highest BCUT2D eigenvalue weighted by molar-refractivity contribution is 8.03. The second-order valence-electron chi connectivity index (χ2n) is 6.13. The molecule has 1 aromatic heterocycles. The molecule has 0 unspecified atom stereocenters. The van der Waals surface area contributed by atoms with Crippen molar-refractivity contribution < 1.29 is 18.7 Å². The van der Waals surface area contributed by atoms with E-state index in [1.807, 2.05) is 38.1 Å². The van der Waals surface area contributed by atoms with Crippen LogP contribution in [0, 0.1) is 13.8 Å². The number of imide groups is 1. The lowest BCUT2D eigenvalue weighted by Gasteiger charge is -2.14. The molecule has 2 aromatic rings. The van der Waals surface area contributed by atoms with E-state index in [0.717, 1.165) is 22.5 Å². The lowest BCUT2D eigenvalue weighted by molar-refractivity contribution is -0.137. The summed E-state index contributed by atoms with van der Waals surface area (Å²) in [6.07, 6.45) is 1.60. The summed E-state index contributed by atoms with van der Waals surface area (Å²) < 4.78 is 10.4. The molecule has 1 aromatic carbocycles. The Bertz CT molecular complexity index is 855. The van der Waals surface area contributed by atoms with Crippen LogP contribution in [0.5, 0.6) is 0 Å². The van der Waals surface area contributed by atoms with Crippen LogP contribution in [-0.2, 0) is 20.1 Å². The van der Waals surface area contributed by atoms with E-state index in [-0.39, 0.29) is 18.4 Å². The maximum absolute atomic E-state index is 12.9. The van der Waals surface area contributed by atoms with Crippen molar-refractivity contribution in [3.8, 4) is 0 Å². The van der Waals surface area contributed by atoms with Gasteiger partial charge in [0.2, 0.25) is 0 Å². The minimum Gasteiger partial charge on any atom is -0.468 e. The summed E-state index contributed by atoms with van der Waals surface area (Å²) in [4.78, 5) is 27.5. The summed E-state index contributed by atoms with van der Waals surface area (Å²) in [6.45, 7) is 4.58. The number of aryl methyl sites for hydroxylation is 2. The van der Waals surface area contributed by atoms with Crippen molar-refractivity contribution in [2.24, 2.45) is 0 Å². The van der Waals surface area contributed by atoms with E-state index in [2.05, 4.69) is 0 Å². The molecule has 26 heavy (non-hydrogen) atoms. The van der Waals surface area contributed by atoms with Crippen LogP contribution in [0.2, 0.25) is 0 Å². The Morgan fingerprint density at radius 2 is 1.92 bits per heavy atom. The van der Waals surface area contributed by atoms with E-state index in [9.17, 15) is 9.59 Å². The highest BCUT2D eigenvalue weighted by Crippen LogP contribution is 2.37. The number of furan rings is 1. The van der Waals surface area contributed by atoms with Gasteiger partial charge in [0.25, 0.3) is 11.8 Å². The number of ether oxygens (including phenoxy) is 1. The molecule has 0 fully saturated rings. The summed E-state index contributed by atoms with van der Waals surface area (Å²) in [6, 6.07) is 9.50. The number of thioether (sulfide) groups is 1. The Morgan fingerprint density at radius 1 is 1.12 bits per heavy atom. The molecule has 1 aliphatic heterocycles. The van der Waals surface area contributed by atoms with Crippen LogP contribution in [0.4, 0.5) is 0 Å². The van der Waals surface area contributed by atoms with Crippen LogP contribution < -0.4 is 0 Å². The number of hydrogen-bond donors (Lipinski definition) is 0. The summed E-state index contributed by atoms with van der Waals surface area (Å²) >= 11 is 1.34. The first-order valence-corrected chi connectivity index (χ1v) is 9.33. The maximum Gasteiger partial charge on any atom is 0.268 e. The van der Waals surface area contributed by atoms with Gasteiger partial charge in [0, 0.05) is 7.11 Å². The minimum atomic E-state index is -0.267. The number of hydrogen-bond acceptors (Lipinski definition) is 5. The Hall–Kier alpha value is -2.31. The fourth-order valence-corrected chi connectivity index (χ4v) is 3.80. The Labute approximate surface area is 157 Å². The first-order chi connectivity index (χ1) is 12.5. The first kappa shape index (κ1) is 18.5. The van der Waals surface area contributed by atoms with Crippen molar-refractivity contribution in [2.75, 3.05) is 20.3 Å². The van der Waals surface area contributed by atoms with Crippen LogP contribution >= 0.6 is 11.8 Å². The molecule has 6 heteroatoms. The summed E-state index contributed by atoms with van der Waals surface area (Å²) in [5.74, 6) is 0.722. The van der Waals surface area contributed by atoms with E-state index in [1.54, 1.807) is 19.4 Å². The van der Waals surface area contributed by atoms with Gasteiger partial charge in [-0.05, 0) is 42.7 Å². The maximum atomic E-state index is 12.9. The van der Waals surface area contributed by atoms with Crippen molar-refractivity contribution in [2.45, 2.75) is 19.6 Å². The molecule has 0 atom stereocenters. The number of methoxy groups -OCH3 is 1. The van der Waals surface area contributed by atoms with Crippen molar-refractivity contribution in [3.05, 3.63) is 64.0 Å². The average Bonchev–Trinajstić information content (AvgIpc) is 3.21. The highest BCUT2D eigenvalue weighted by atomic mass is 32.2. The molecule has 0 spiro atoms. The number of benzene rings is 1. The summed E-state index contributed by atoms with van der Waals surface area (Å²) in [5, 5.41) is 0. The van der Waals surface area contributed by atoms with Crippen LogP contribution in [0.25, 0.3) is 5.57 Å². The molecule has 3 rings (SSSR count). The van der Waals surface area contributed by atoms with Crippen molar-refractivity contribution in [1.29, 1.82) is 0 Å². The van der Waals surface area contributed by atoms with Crippen LogP contribution in [0.3, 0.4) is 0 Å². The van der Waals surface area contributed by atoms with Gasteiger partial charge in [0.1, 0.15) is 5.76 Å². The molecule has 0 saturated heterocycles. The van der Waals surface area contributed by atoms with E-state index in [4.69, 9.17) is 9.15 Å². The quantitative estimate of drug-likeness (QED) is 0.697. The Morgan fingerprint density at radius 3 is 2.58 bits per heavy atom. The molecular weight excluding hydrogens is 350 g/mol. The third-order valence-corrected chi connectivity index (χ3v) is 5.48. The monoisotopic (exact) mass is 371 g/mol. The Balaban J connectivity index is 1.97. The fraction of sp³-hybridized carbons (Fsp3) is 0.300. The summed E-state index contributed by atoms with van der Waals surface area (Å²) in [5.41, 5.74) is 3.46. The zero-order valence-corrected chi connectivity index (χ0v) is 15.9. The van der Waals surface area contributed by atoms with E-state index in [1.165, 1.54) is 16.7 Å². The van der Waals surface area contributed by atoms with Gasteiger partial charge in [-0.15, -0.1) is 11.8 Å². The zero-order valence-electron chi connectivity index (χ0n) is 15.1. The molecule has 0 saturated carbocycles. The molecular formula is C20H21NO4S. The van der Waals surface area contributed by atoms with Crippen molar-refractivity contribution >= 4 is 29.1 Å². The predicted octanol–water partition coefficient (Wildman–Crippen LogP) is 3.56. The van der Waals surface area contributed by atoms with Gasteiger partial charge in [0.15, 0.2) is 0 Å². The van der Waals surface area contributed by atoms with Gasteiger partial charge in [0.05, 0.1) is 35.6 Å². The molecule has 0 radical (unpaired) electrons. The molecule has 0 N–H and O–H groups in total. The first-order valence-electron chi connectivity index (χ1n) is 8.35. The topological polar surface area (TPSA) is 59.8 Å². The molecule has 1 aliphatic rings. The average molecular weight is 371 g/mol. The number of amides is 2. The lowest BCUT2D eigenvalue weighted by Crippen LogP contribution is -2.34. The second kappa shape index (κ2) is 7.93. The molecule has 0 bridgehead atoms. The number of rotatable bonds is 7. The minimum absolute atomic E-state index is 0.243. The van der Waals surface area contributed by atoms with Crippen molar-refractivity contribution in [1.82, 2.24) is 4.90 Å². The molecule has 136 valence electrons. The van der Waals surface area contributed by atoms with Gasteiger partial charge >= 0.3 is 0 Å². The second-order valence-corrected chi connectivity index (χ2v) is 7.11. The smallest absolute Gasteiger partial charge is 0.268 e. The largest absolute Gasteiger partial charge is 0.468 e. The third-order valence-electron chi connectivity index (χ3n) is 4.38. The third kappa shape index (κ3) is 3.61. The fourth-order valence-electron chi connectivity index (χ4n) is 2.76. The van der Waals surface area contributed by atoms with Crippen LogP contribution in [0.1, 0.15) is 22.5 Å². The highest BCUT2D eigenvalue weighted by Gasteiger charge is 2.39. The van der Waals surface area contributed by atoms with Crippen molar-refractivity contribution in [3.63, 3.8) is 0 Å². The number of carbonyl (C=O) groups excluding carboxylic acids is 2.